The standard InChI is InChI=1S/C13H26N4O3/c1-4-5-12(14)13-7-17(16-15-13)6-11(18)9-20-10(2)8-19-3/h7,10-12,18H,4-6,8-9,14H2,1-3H3. The molecule has 20 heavy (non-hydrogen) atoms. The van der Waals surface area contributed by atoms with Crippen LogP contribution in [0.2, 0.25) is 0 Å². The van der Waals surface area contributed by atoms with Crippen LogP contribution in [-0.2, 0) is 16.0 Å². The van der Waals surface area contributed by atoms with E-state index in [2.05, 4.69) is 17.2 Å². The molecule has 0 fully saturated rings. The summed E-state index contributed by atoms with van der Waals surface area (Å²) in [4.78, 5) is 0. The van der Waals surface area contributed by atoms with Gasteiger partial charge in [-0.3, -0.25) is 0 Å². The molecule has 7 heteroatoms. The summed E-state index contributed by atoms with van der Waals surface area (Å²) < 4.78 is 12.0. The number of aliphatic hydroxyl groups is 1. The Bertz CT molecular complexity index is 372. The molecule has 0 spiro atoms. The van der Waals surface area contributed by atoms with Crippen LogP contribution in [0.5, 0.6) is 0 Å². The summed E-state index contributed by atoms with van der Waals surface area (Å²) in [6.45, 7) is 5.05. The van der Waals surface area contributed by atoms with Gasteiger partial charge in [-0.25, -0.2) is 4.68 Å². The molecule has 3 atom stereocenters. The molecule has 0 bridgehead atoms. The molecule has 3 unspecified atom stereocenters. The second-order valence-electron chi connectivity index (χ2n) is 5.01. The Balaban J connectivity index is 2.36. The summed E-state index contributed by atoms with van der Waals surface area (Å²) in [6.07, 6.45) is 2.98. The average Bonchev–Trinajstić information content (AvgIpc) is 2.85. The zero-order chi connectivity index (χ0) is 15.0. The van der Waals surface area contributed by atoms with Gasteiger partial charge in [0.25, 0.3) is 0 Å². The molecule has 0 aromatic carbocycles. The molecular formula is C13H26N4O3. The van der Waals surface area contributed by atoms with Crippen LogP contribution in [0.3, 0.4) is 0 Å². The van der Waals surface area contributed by atoms with Crippen molar-refractivity contribution in [2.75, 3.05) is 20.3 Å². The summed E-state index contributed by atoms with van der Waals surface area (Å²) in [5, 5.41) is 17.9. The fourth-order valence-electron chi connectivity index (χ4n) is 1.86. The highest BCUT2D eigenvalue weighted by Gasteiger charge is 2.13. The van der Waals surface area contributed by atoms with Gasteiger partial charge in [-0.15, -0.1) is 5.10 Å². The lowest BCUT2D eigenvalue weighted by Gasteiger charge is -2.15. The second kappa shape index (κ2) is 9.02. The van der Waals surface area contributed by atoms with E-state index in [4.69, 9.17) is 15.2 Å². The number of rotatable bonds is 10. The second-order valence-corrected chi connectivity index (χ2v) is 5.01. The summed E-state index contributed by atoms with van der Waals surface area (Å²) in [5.74, 6) is 0. The fraction of sp³-hybridized carbons (Fsp3) is 0.846. The Hall–Kier alpha value is -1.02. The van der Waals surface area contributed by atoms with Crippen molar-refractivity contribution in [1.82, 2.24) is 15.0 Å². The summed E-state index contributed by atoms with van der Waals surface area (Å²) in [5.41, 5.74) is 6.72. The third kappa shape index (κ3) is 5.96. The van der Waals surface area contributed by atoms with Crippen molar-refractivity contribution in [2.45, 2.75) is 51.5 Å². The lowest BCUT2D eigenvalue weighted by atomic mass is 10.1. The van der Waals surface area contributed by atoms with Gasteiger partial charge >= 0.3 is 0 Å². The van der Waals surface area contributed by atoms with Crippen LogP contribution in [0.15, 0.2) is 6.20 Å². The molecule has 0 amide bonds. The van der Waals surface area contributed by atoms with Crippen LogP contribution in [0.25, 0.3) is 0 Å². The van der Waals surface area contributed by atoms with Gasteiger partial charge in [-0.2, -0.15) is 0 Å². The fourth-order valence-corrected chi connectivity index (χ4v) is 1.86. The minimum absolute atomic E-state index is 0.0427. The number of aliphatic hydroxyl groups excluding tert-OH is 1. The number of aromatic nitrogens is 3. The lowest BCUT2D eigenvalue weighted by Crippen LogP contribution is -2.26. The first-order valence-corrected chi connectivity index (χ1v) is 7.01. The van der Waals surface area contributed by atoms with Gasteiger partial charge in [0.15, 0.2) is 0 Å². The number of hydrogen-bond acceptors (Lipinski definition) is 6. The number of nitrogens with zero attached hydrogens (tertiary/aromatic N) is 3. The predicted octanol–water partition coefficient (Wildman–Crippen LogP) is 0.490. The van der Waals surface area contributed by atoms with E-state index in [1.165, 1.54) is 0 Å². The Kier molecular flexibility index (Phi) is 7.68. The minimum Gasteiger partial charge on any atom is -0.389 e. The SMILES string of the molecule is CCCC(N)c1cn(CC(O)COC(C)COC)nn1. The first-order chi connectivity index (χ1) is 9.56. The molecular weight excluding hydrogens is 260 g/mol. The van der Waals surface area contributed by atoms with Gasteiger partial charge < -0.3 is 20.3 Å². The van der Waals surface area contributed by atoms with E-state index in [0.29, 0.717) is 13.2 Å². The maximum atomic E-state index is 9.89. The molecule has 0 aliphatic heterocycles. The molecule has 0 aliphatic rings. The van der Waals surface area contributed by atoms with Gasteiger partial charge in [0, 0.05) is 7.11 Å². The summed E-state index contributed by atoms with van der Waals surface area (Å²) in [6, 6.07) is -0.0936. The van der Waals surface area contributed by atoms with Crippen LogP contribution in [0, 0.1) is 0 Å². The van der Waals surface area contributed by atoms with E-state index in [1.807, 2.05) is 6.92 Å². The topological polar surface area (TPSA) is 95.4 Å². The summed E-state index contributed by atoms with van der Waals surface area (Å²) >= 11 is 0. The molecule has 0 saturated carbocycles. The van der Waals surface area contributed by atoms with Crippen molar-refractivity contribution in [3.63, 3.8) is 0 Å². The van der Waals surface area contributed by atoms with E-state index in [-0.39, 0.29) is 18.8 Å². The maximum Gasteiger partial charge on any atom is 0.0994 e. The molecule has 1 rings (SSSR count). The first-order valence-electron chi connectivity index (χ1n) is 7.01. The van der Waals surface area contributed by atoms with Crippen LogP contribution < -0.4 is 5.73 Å². The molecule has 1 aromatic rings. The Morgan fingerprint density at radius 1 is 1.45 bits per heavy atom. The van der Waals surface area contributed by atoms with Crippen LogP contribution >= 0.6 is 0 Å². The third-order valence-corrected chi connectivity index (χ3v) is 2.91. The van der Waals surface area contributed by atoms with Crippen molar-refractivity contribution in [3.05, 3.63) is 11.9 Å². The van der Waals surface area contributed by atoms with Crippen LogP contribution in [0.1, 0.15) is 38.4 Å². The summed E-state index contributed by atoms with van der Waals surface area (Å²) in [7, 11) is 1.62. The molecule has 0 radical (unpaired) electrons. The maximum absolute atomic E-state index is 9.89. The quantitative estimate of drug-likeness (QED) is 0.650. The molecule has 7 nitrogen and oxygen atoms in total. The van der Waals surface area contributed by atoms with Crippen molar-refractivity contribution in [1.29, 1.82) is 0 Å². The highest BCUT2D eigenvalue weighted by Crippen LogP contribution is 2.12. The van der Waals surface area contributed by atoms with E-state index in [1.54, 1.807) is 18.0 Å². The molecule has 1 aromatic heterocycles. The number of nitrogens with two attached hydrogens (primary N) is 1. The molecule has 1 heterocycles. The zero-order valence-electron chi connectivity index (χ0n) is 12.5. The minimum atomic E-state index is -0.633. The smallest absolute Gasteiger partial charge is 0.0994 e. The largest absolute Gasteiger partial charge is 0.389 e. The van der Waals surface area contributed by atoms with Crippen LogP contribution in [0.4, 0.5) is 0 Å². The van der Waals surface area contributed by atoms with Gasteiger partial charge in [0.1, 0.15) is 0 Å². The number of hydrogen-bond donors (Lipinski definition) is 2. The Morgan fingerprint density at radius 3 is 2.85 bits per heavy atom. The van der Waals surface area contributed by atoms with Crippen molar-refractivity contribution < 1.29 is 14.6 Å². The molecule has 0 aliphatic carbocycles. The van der Waals surface area contributed by atoms with Gasteiger partial charge in [-0.1, -0.05) is 18.6 Å². The monoisotopic (exact) mass is 286 g/mol. The van der Waals surface area contributed by atoms with Gasteiger partial charge in [0.05, 0.1) is 49.9 Å². The molecule has 0 saturated heterocycles. The van der Waals surface area contributed by atoms with E-state index in [0.717, 1.165) is 18.5 Å². The molecule has 116 valence electrons. The first kappa shape index (κ1) is 17.0. The van der Waals surface area contributed by atoms with Crippen molar-refractivity contribution >= 4 is 0 Å². The predicted molar refractivity (Wildman–Crippen MR) is 75.2 cm³/mol. The van der Waals surface area contributed by atoms with E-state index >= 15 is 0 Å². The molecule has 3 N–H and O–H groups in total. The van der Waals surface area contributed by atoms with Crippen molar-refractivity contribution in [3.8, 4) is 0 Å². The Morgan fingerprint density at radius 2 is 2.20 bits per heavy atom. The highest BCUT2D eigenvalue weighted by atomic mass is 16.5. The average molecular weight is 286 g/mol. The highest BCUT2D eigenvalue weighted by molar-refractivity contribution is 4.99. The van der Waals surface area contributed by atoms with Gasteiger partial charge in [-0.05, 0) is 13.3 Å². The van der Waals surface area contributed by atoms with Crippen LogP contribution in [-0.4, -0.2) is 52.6 Å². The zero-order valence-corrected chi connectivity index (χ0v) is 12.5. The normalized spacial score (nSPS) is 16.1. The number of methoxy groups -OCH3 is 1. The number of ether oxygens (including phenoxy) is 2. The Labute approximate surface area is 120 Å². The van der Waals surface area contributed by atoms with E-state index < -0.39 is 6.10 Å². The van der Waals surface area contributed by atoms with Gasteiger partial charge in [0.2, 0.25) is 0 Å². The van der Waals surface area contributed by atoms with Crippen molar-refractivity contribution in [2.24, 2.45) is 5.73 Å². The van der Waals surface area contributed by atoms with E-state index in [9.17, 15) is 5.11 Å². The third-order valence-electron chi connectivity index (χ3n) is 2.91. The lowest BCUT2D eigenvalue weighted by molar-refractivity contribution is -0.0365.